The topological polar surface area (TPSA) is 74.9 Å². The Bertz CT molecular complexity index is 770. The SMILES string of the molecule is Cc1cc(C#N)ccc1S(=O)(=O)NCc1ccn(C)c1. The van der Waals surface area contributed by atoms with Gasteiger partial charge in [-0.15, -0.1) is 0 Å². The molecule has 1 N–H and O–H groups in total. The zero-order chi connectivity index (χ0) is 14.8. The van der Waals surface area contributed by atoms with Crippen molar-refractivity contribution in [1.82, 2.24) is 9.29 Å². The van der Waals surface area contributed by atoms with Gasteiger partial charge in [-0.05, 0) is 42.3 Å². The minimum atomic E-state index is -3.57. The molecule has 5 nitrogen and oxygen atoms in total. The number of nitrogens with zero attached hydrogens (tertiary/aromatic N) is 2. The van der Waals surface area contributed by atoms with Crippen LogP contribution in [-0.2, 0) is 23.6 Å². The van der Waals surface area contributed by atoms with Gasteiger partial charge in [0.2, 0.25) is 10.0 Å². The minimum absolute atomic E-state index is 0.201. The molecule has 0 aliphatic heterocycles. The number of aryl methyl sites for hydroxylation is 2. The molecule has 2 aromatic rings. The molecule has 1 aromatic carbocycles. The third-order valence-electron chi connectivity index (χ3n) is 2.95. The molecule has 0 radical (unpaired) electrons. The summed E-state index contributed by atoms with van der Waals surface area (Å²) in [7, 11) is -1.70. The van der Waals surface area contributed by atoms with Crippen LogP contribution >= 0.6 is 0 Å². The van der Waals surface area contributed by atoms with Crippen molar-refractivity contribution in [3.8, 4) is 6.07 Å². The van der Waals surface area contributed by atoms with Gasteiger partial charge in [0.05, 0.1) is 16.5 Å². The number of hydrogen-bond acceptors (Lipinski definition) is 3. The van der Waals surface area contributed by atoms with Gasteiger partial charge in [-0.3, -0.25) is 0 Å². The van der Waals surface area contributed by atoms with Crippen LogP contribution in [0.3, 0.4) is 0 Å². The Kier molecular flexibility index (Phi) is 3.93. The maximum absolute atomic E-state index is 12.2. The number of rotatable bonds is 4. The van der Waals surface area contributed by atoms with Crippen molar-refractivity contribution in [3.63, 3.8) is 0 Å². The highest BCUT2D eigenvalue weighted by atomic mass is 32.2. The zero-order valence-corrected chi connectivity index (χ0v) is 12.1. The molecule has 0 saturated carbocycles. The monoisotopic (exact) mass is 289 g/mol. The first-order valence-electron chi connectivity index (χ1n) is 6.03. The second-order valence-corrected chi connectivity index (χ2v) is 6.34. The Morgan fingerprint density at radius 3 is 2.65 bits per heavy atom. The molecule has 104 valence electrons. The van der Waals surface area contributed by atoms with Crippen LogP contribution in [0.15, 0.2) is 41.6 Å². The molecule has 0 saturated heterocycles. The van der Waals surface area contributed by atoms with E-state index < -0.39 is 10.0 Å². The van der Waals surface area contributed by atoms with Gasteiger partial charge < -0.3 is 4.57 Å². The van der Waals surface area contributed by atoms with Crippen molar-refractivity contribution < 1.29 is 8.42 Å². The van der Waals surface area contributed by atoms with Crippen molar-refractivity contribution in [3.05, 3.63) is 53.3 Å². The molecule has 2 rings (SSSR count). The average Bonchev–Trinajstić information content (AvgIpc) is 2.82. The number of hydrogen-bond donors (Lipinski definition) is 1. The van der Waals surface area contributed by atoms with Gasteiger partial charge in [0, 0.05) is 26.0 Å². The summed E-state index contributed by atoms with van der Waals surface area (Å²) in [6, 6.07) is 8.37. The standard InChI is InChI=1S/C14H15N3O2S/c1-11-7-12(8-15)3-4-14(11)20(18,19)16-9-13-5-6-17(2)10-13/h3-7,10,16H,9H2,1-2H3. The molecular formula is C14H15N3O2S. The molecule has 0 unspecified atom stereocenters. The molecule has 0 bridgehead atoms. The Hall–Kier alpha value is -2.10. The summed E-state index contributed by atoms with van der Waals surface area (Å²) in [6.45, 7) is 1.92. The van der Waals surface area contributed by atoms with Crippen LogP contribution in [0.25, 0.3) is 0 Å². The lowest BCUT2D eigenvalue weighted by Crippen LogP contribution is -2.23. The Labute approximate surface area is 118 Å². The summed E-state index contributed by atoms with van der Waals surface area (Å²) < 4.78 is 28.9. The van der Waals surface area contributed by atoms with Crippen LogP contribution in [0.5, 0.6) is 0 Å². The smallest absolute Gasteiger partial charge is 0.241 e. The molecule has 1 heterocycles. The van der Waals surface area contributed by atoms with Gasteiger partial charge in [-0.2, -0.15) is 5.26 Å². The molecule has 20 heavy (non-hydrogen) atoms. The van der Waals surface area contributed by atoms with E-state index in [9.17, 15) is 8.42 Å². The van der Waals surface area contributed by atoms with E-state index in [-0.39, 0.29) is 11.4 Å². The van der Waals surface area contributed by atoms with Crippen LogP contribution < -0.4 is 4.72 Å². The van der Waals surface area contributed by atoms with Crippen LogP contribution in [0, 0.1) is 18.3 Å². The minimum Gasteiger partial charge on any atom is -0.357 e. The van der Waals surface area contributed by atoms with E-state index in [1.54, 1.807) is 13.0 Å². The molecule has 0 atom stereocenters. The van der Waals surface area contributed by atoms with E-state index in [1.807, 2.05) is 36.1 Å². The van der Waals surface area contributed by atoms with Crippen molar-refractivity contribution in [2.75, 3.05) is 0 Å². The Balaban J connectivity index is 2.20. The van der Waals surface area contributed by atoms with E-state index in [0.717, 1.165) is 5.56 Å². The van der Waals surface area contributed by atoms with Gasteiger partial charge in [-0.1, -0.05) is 0 Å². The highest BCUT2D eigenvalue weighted by molar-refractivity contribution is 7.89. The molecular weight excluding hydrogens is 274 g/mol. The fourth-order valence-corrected chi connectivity index (χ4v) is 3.18. The van der Waals surface area contributed by atoms with Crippen LogP contribution in [0.2, 0.25) is 0 Å². The molecule has 0 spiro atoms. The molecule has 6 heteroatoms. The predicted molar refractivity (Wildman–Crippen MR) is 75.3 cm³/mol. The zero-order valence-electron chi connectivity index (χ0n) is 11.3. The van der Waals surface area contributed by atoms with Crippen molar-refractivity contribution >= 4 is 10.0 Å². The number of nitriles is 1. The van der Waals surface area contributed by atoms with E-state index >= 15 is 0 Å². The van der Waals surface area contributed by atoms with Gasteiger partial charge in [0.25, 0.3) is 0 Å². The van der Waals surface area contributed by atoms with Gasteiger partial charge in [0.1, 0.15) is 0 Å². The van der Waals surface area contributed by atoms with Gasteiger partial charge in [0.15, 0.2) is 0 Å². The fraction of sp³-hybridized carbons (Fsp3) is 0.214. The Morgan fingerprint density at radius 2 is 2.10 bits per heavy atom. The van der Waals surface area contributed by atoms with Crippen LogP contribution in [0.4, 0.5) is 0 Å². The van der Waals surface area contributed by atoms with E-state index in [1.165, 1.54) is 12.1 Å². The highest BCUT2D eigenvalue weighted by Crippen LogP contribution is 2.16. The first kappa shape index (κ1) is 14.3. The lowest BCUT2D eigenvalue weighted by molar-refractivity contribution is 0.580. The van der Waals surface area contributed by atoms with Crippen LogP contribution in [0.1, 0.15) is 16.7 Å². The summed E-state index contributed by atoms with van der Waals surface area (Å²) in [5.74, 6) is 0. The van der Waals surface area contributed by atoms with E-state index in [2.05, 4.69) is 4.72 Å². The molecule has 0 amide bonds. The summed E-state index contributed by atoms with van der Waals surface area (Å²) >= 11 is 0. The molecule has 0 aliphatic carbocycles. The molecule has 0 fully saturated rings. The maximum atomic E-state index is 12.2. The summed E-state index contributed by atoms with van der Waals surface area (Å²) in [4.78, 5) is 0.201. The third-order valence-corrected chi connectivity index (χ3v) is 4.51. The van der Waals surface area contributed by atoms with Gasteiger partial charge in [-0.25, -0.2) is 13.1 Å². The normalized spacial score (nSPS) is 11.2. The van der Waals surface area contributed by atoms with Crippen molar-refractivity contribution in [1.29, 1.82) is 5.26 Å². The number of nitrogens with one attached hydrogen (secondary N) is 1. The molecule has 1 aromatic heterocycles. The number of sulfonamides is 1. The highest BCUT2D eigenvalue weighted by Gasteiger charge is 2.16. The predicted octanol–water partition coefficient (Wildman–Crippen LogP) is 1.68. The Morgan fingerprint density at radius 1 is 1.35 bits per heavy atom. The lowest BCUT2D eigenvalue weighted by atomic mass is 10.2. The average molecular weight is 289 g/mol. The number of aromatic nitrogens is 1. The van der Waals surface area contributed by atoms with E-state index in [4.69, 9.17) is 5.26 Å². The first-order valence-corrected chi connectivity index (χ1v) is 7.52. The van der Waals surface area contributed by atoms with Crippen molar-refractivity contribution in [2.45, 2.75) is 18.4 Å². The third kappa shape index (κ3) is 3.07. The second kappa shape index (κ2) is 5.49. The van der Waals surface area contributed by atoms with Gasteiger partial charge >= 0.3 is 0 Å². The molecule has 0 aliphatic rings. The summed E-state index contributed by atoms with van der Waals surface area (Å²) in [5, 5.41) is 8.79. The summed E-state index contributed by atoms with van der Waals surface area (Å²) in [6.07, 6.45) is 3.71. The quantitative estimate of drug-likeness (QED) is 0.930. The first-order chi connectivity index (χ1) is 9.42. The lowest BCUT2D eigenvalue weighted by Gasteiger charge is -2.08. The maximum Gasteiger partial charge on any atom is 0.241 e. The fourth-order valence-electron chi connectivity index (χ4n) is 1.94. The van der Waals surface area contributed by atoms with Crippen molar-refractivity contribution in [2.24, 2.45) is 7.05 Å². The van der Waals surface area contributed by atoms with Crippen LogP contribution in [-0.4, -0.2) is 13.0 Å². The number of benzene rings is 1. The van der Waals surface area contributed by atoms with E-state index in [0.29, 0.717) is 11.1 Å². The largest absolute Gasteiger partial charge is 0.357 e. The summed E-state index contributed by atoms with van der Waals surface area (Å²) in [5.41, 5.74) is 1.90. The second-order valence-electron chi connectivity index (χ2n) is 4.60.